The lowest BCUT2D eigenvalue weighted by molar-refractivity contribution is 0.503. The van der Waals surface area contributed by atoms with Crippen LogP contribution in [0.15, 0.2) is 17.5 Å². The van der Waals surface area contributed by atoms with Crippen LogP contribution in [-0.2, 0) is 0 Å². The van der Waals surface area contributed by atoms with Gasteiger partial charge in [0.1, 0.15) is 0 Å². The molecule has 17 heavy (non-hydrogen) atoms. The van der Waals surface area contributed by atoms with Gasteiger partial charge in [-0.2, -0.15) is 0 Å². The average molecular weight is 266 g/mol. The van der Waals surface area contributed by atoms with E-state index >= 15 is 0 Å². The minimum atomic E-state index is 0.360. The maximum absolute atomic E-state index is 4.48. The molecule has 0 saturated carbocycles. The molecule has 0 aromatic carbocycles. The number of nitrogens with zero attached hydrogens (tertiary/aromatic N) is 1. The van der Waals surface area contributed by atoms with Gasteiger partial charge < -0.3 is 5.32 Å². The van der Waals surface area contributed by atoms with Crippen LogP contribution in [0, 0.1) is 13.8 Å². The summed E-state index contributed by atoms with van der Waals surface area (Å²) in [5.74, 6) is 0. The molecule has 0 fully saturated rings. The molecule has 0 aliphatic heterocycles. The number of thiazole rings is 1. The Hall–Kier alpha value is -0.710. The van der Waals surface area contributed by atoms with E-state index in [0.29, 0.717) is 12.1 Å². The van der Waals surface area contributed by atoms with E-state index in [9.17, 15) is 0 Å². The standard InChI is InChI=1S/C13H18N2S2/c1-8(12-6-5-7-16-12)14-9(2)13-10(3)15-11(4)17-13/h5-9,14H,1-4H3/t8-,9?/m1/s1. The molecule has 92 valence electrons. The lowest BCUT2D eigenvalue weighted by Gasteiger charge is -2.18. The highest BCUT2D eigenvalue weighted by Gasteiger charge is 2.16. The first kappa shape index (κ1) is 12.7. The van der Waals surface area contributed by atoms with E-state index in [0.717, 1.165) is 10.7 Å². The molecule has 2 rings (SSSR count). The van der Waals surface area contributed by atoms with Gasteiger partial charge in [-0.25, -0.2) is 4.98 Å². The molecule has 1 N–H and O–H groups in total. The predicted molar refractivity (Wildman–Crippen MR) is 75.9 cm³/mol. The van der Waals surface area contributed by atoms with Gasteiger partial charge in [-0.3, -0.25) is 0 Å². The number of nitrogens with one attached hydrogen (secondary N) is 1. The van der Waals surface area contributed by atoms with Gasteiger partial charge in [-0.05, 0) is 39.1 Å². The fourth-order valence-electron chi connectivity index (χ4n) is 2.02. The fourth-order valence-corrected chi connectivity index (χ4v) is 3.70. The van der Waals surface area contributed by atoms with Gasteiger partial charge in [0.25, 0.3) is 0 Å². The predicted octanol–water partition coefficient (Wildman–Crippen LogP) is 4.23. The largest absolute Gasteiger partial charge is 0.302 e. The number of aromatic nitrogens is 1. The van der Waals surface area contributed by atoms with Gasteiger partial charge >= 0.3 is 0 Å². The van der Waals surface area contributed by atoms with Crippen LogP contribution in [-0.4, -0.2) is 4.98 Å². The van der Waals surface area contributed by atoms with Gasteiger partial charge in [-0.1, -0.05) is 6.07 Å². The summed E-state index contributed by atoms with van der Waals surface area (Å²) in [4.78, 5) is 7.22. The zero-order valence-corrected chi connectivity index (χ0v) is 12.3. The number of rotatable bonds is 4. The van der Waals surface area contributed by atoms with Crippen LogP contribution in [0.5, 0.6) is 0 Å². The molecule has 0 amide bonds. The zero-order valence-electron chi connectivity index (χ0n) is 10.7. The van der Waals surface area contributed by atoms with Crippen LogP contribution >= 0.6 is 22.7 Å². The molecule has 2 nitrogen and oxygen atoms in total. The first-order valence-electron chi connectivity index (χ1n) is 5.81. The van der Waals surface area contributed by atoms with Crippen LogP contribution in [0.4, 0.5) is 0 Å². The Morgan fingerprint density at radius 3 is 2.53 bits per heavy atom. The van der Waals surface area contributed by atoms with Crippen LogP contribution in [0.3, 0.4) is 0 Å². The van der Waals surface area contributed by atoms with Gasteiger partial charge in [0.15, 0.2) is 0 Å². The van der Waals surface area contributed by atoms with Gasteiger partial charge in [0.2, 0.25) is 0 Å². The van der Waals surface area contributed by atoms with Crippen molar-refractivity contribution in [2.75, 3.05) is 0 Å². The lowest BCUT2D eigenvalue weighted by Crippen LogP contribution is -2.21. The SMILES string of the molecule is Cc1nc(C)c(C(C)N[C@H](C)c2cccs2)s1. The van der Waals surface area contributed by atoms with E-state index in [2.05, 4.69) is 55.5 Å². The maximum atomic E-state index is 4.48. The van der Waals surface area contributed by atoms with E-state index in [-0.39, 0.29) is 0 Å². The zero-order chi connectivity index (χ0) is 12.4. The lowest BCUT2D eigenvalue weighted by atomic mass is 10.2. The van der Waals surface area contributed by atoms with E-state index in [1.807, 2.05) is 0 Å². The van der Waals surface area contributed by atoms with Crippen molar-refractivity contribution in [2.45, 2.75) is 39.8 Å². The van der Waals surface area contributed by atoms with Gasteiger partial charge in [-0.15, -0.1) is 22.7 Å². The van der Waals surface area contributed by atoms with Crippen molar-refractivity contribution in [1.29, 1.82) is 0 Å². The molecule has 0 saturated heterocycles. The maximum Gasteiger partial charge on any atom is 0.0900 e. The summed E-state index contributed by atoms with van der Waals surface area (Å²) in [6.45, 7) is 8.58. The normalized spacial score (nSPS) is 14.8. The summed E-state index contributed by atoms with van der Waals surface area (Å²) < 4.78 is 0. The molecule has 2 aromatic heterocycles. The summed E-state index contributed by atoms with van der Waals surface area (Å²) in [5.41, 5.74) is 1.16. The second-order valence-electron chi connectivity index (χ2n) is 4.31. The molecule has 0 radical (unpaired) electrons. The number of aryl methyl sites for hydroxylation is 2. The van der Waals surface area contributed by atoms with Crippen molar-refractivity contribution in [2.24, 2.45) is 0 Å². The summed E-state index contributed by atoms with van der Waals surface area (Å²) >= 11 is 3.59. The Balaban J connectivity index is 2.06. The molecule has 2 heterocycles. The van der Waals surface area contributed by atoms with Crippen molar-refractivity contribution in [3.8, 4) is 0 Å². The molecule has 0 spiro atoms. The molecular formula is C13H18N2S2. The van der Waals surface area contributed by atoms with Crippen LogP contribution in [0.1, 0.15) is 46.4 Å². The van der Waals surface area contributed by atoms with Gasteiger partial charge in [0.05, 0.1) is 10.7 Å². The van der Waals surface area contributed by atoms with E-state index in [1.165, 1.54) is 9.75 Å². The topological polar surface area (TPSA) is 24.9 Å². The van der Waals surface area contributed by atoms with Crippen LogP contribution < -0.4 is 5.32 Å². The van der Waals surface area contributed by atoms with Crippen molar-refractivity contribution in [3.05, 3.63) is 38.0 Å². The second kappa shape index (κ2) is 5.29. The third-order valence-corrected chi connectivity index (χ3v) is 5.11. The third-order valence-electron chi connectivity index (χ3n) is 2.80. The fraction of sp³-hybridized carbons (Fsp3) is 0.462. The first-order chi connectivity index (χ1) is 8.08. The van der Waals surface area contributed by atoms with Crippen molar-refractivity contribution in [1.82, 2.24) is 10.3 Å². The Morgan fingerprint density at radius 2 is 2.00 bits per heavy atom. The molecule has 0 aliphatic rings. The summed E-state index contributed by atoms with van der Waals surface area (Å²) in [5, 5.41) is 6.91. The molecular weight excluding hydrogens is 248 g/mol. The van der Waals surface area contributed by atoms with Crippen molar-refractivity contribution < 1.29 is 0 Å². The van der Waals surface area contributed by atoms with Crippen molar-refractivity contribution >= 4 is 22.7 Å². The molecule has 1 unspecified atom stereocenters. The van der Waals surface area contributed by atoms with E-state index in [4.69, 9.17) is 0 Å². The quantitative estimate of drug-likeness (QED) is 0.895. The van der Waals surface area contributed by atoms with Crippen LogP contribution in [0.25, 0.3) is 0 Å². The number of hydrogen-bond donors (Lipinski definition) is 1. The Bertz CT molecular complexity index is 474. The second-order valence-corrected chi connectivity index (χ2v) is 6.52. The summed E-state index contributed by atoms with van der Waals surface area (Å²) in [6.07, 6.45) is 0. The molecule has 2 atom stereocenters. The average Bonchev–Trinajstić information content (AvgIpc) is 2.87. The minimum Gasteiger partial charge on any atom is -0.302 e. The number of thiophene rings is 1. The monoisotopic (exact) mass is 266 g/mol. The van der Waals surface area contributed by atoms with E-state index < -0.39 is 0 Å². The first-order valence-corrected chi connectivity index (χ1v) is 7.51. The minimum absolute atomic E-state index is 0.360. The summed E-state index contributed by atoms with van der Waals surface area (Å²) in [6, 6.07) is 5.04. The van der Waals surface area contributed by atoms with Gasteiger partial charge in [0, 0.05) is 21.8 Å². The highest BCUT2D eigenvalue weighted by molar-refractivity contribution is 7.11. The highest BCUT2D eigenvalue weighted by Crippen LogP contribution is 2.27. The Morgan fingerprint density at radius 1 is 1.24 bits per heavy atom. The molecule has 0 aliphatic carbocycles. The Labute approximate surface area is 111 Å². The van der Waals surface area contributed by atoms with Crippen LogP contribution in [0.2, 0.25) is 0 Å². The smallest absolute Gasteiger partial charge is 0.0900 e. The Kier molecular flexibility index (Phi) is 3.97. The number of hydrogen-bond acceptors (Lipinski definition) is 4. The van der Waals surface area contributed by atoms with Crippen molar-refractivity contribution in [3.63, 3.8) is 0 Å². The third kappa shape index (κ3) is 2.94. The molecule has 0 bridgehead atoms. The highest BCUT2D eigenvalue weighted by atomic mass is 32.1. The van der Waals surface area contributed by atoms with E-state index in [1.54, 1.807) is 22.7 Å². The summed E-state index contributed by atoms with van der Waals surface area (Å²) in [7, 11) is 0. The molecule has 2 aromatic rings. The molecule has 4 heteroatoms.